The van der Waals surface area contributed by atoms with Crippen molar-refractivity contribution in [2.75, 3.05) is 13.7 Å². The summed E-state index contributed by atoms with van der Waals surface area (Å²) in [5.74, 6) is 2.24. The topological polar surface area (TPSA) is 86.1 Å². The molecule has 0 spiro atoms. The van der Waals surface area contributed by atoms with Gasteiger partial charge in [-0.2, -0.15) is 0 Å². The molecule has 1 aromatic heterocycles. The van der Waals surface area contributed by atoms with Crippen LogP contribution in [0.4, 0.5) is 4.79 Å². The molecule has 0 radical (unpaired) electrons. The predicted octanol–water partition coefficient (Wildman–Crippen LogP) is 3.31. The van der Waals surface area contributed by atoms with E-state index in [0.717, 1.165) is 22.2 Å². The first-order chi connectivity index (χ1) is 13.5. The number of carbonyl (C=O) groups is 3. The fraction of sp³-hybridized carbons (Fsp3) is 0.150. The fourth-order valence-corrected chi connectivity index (χ4v) is 3.24. The second-order valence-electron chi connectivity index (χ2n) is 5.59. The second-order valence-corrected chi connectivity index (χ2v) is 6.58. The lowest BCUT2D eigenvalue weighted by Crippen LogP contribution is -2.27. The molecule has 0 saturated carbocycles. The highest BCUT2D eigenvalue weighted by Gasteiger charge is 2.35. The van der Waals surface area contributed by atoms with Crippen LogP contribution < -0.4 is 4.74 Å². The normalized spacial score (nSPS) is 15.0. The minimum Gasteiger partial charge on any atom is -0.481 e. The van der Waals surface area contributed by atoms with Crippen LogP contribution in [0.15, 0.2) is 45.7 Å². The Labute approximate surface area is 165 Å². The van der Waals surface area contributed by atoms with Crippen LogP contribution in [-0.2, 0) is 16.1 Å². The summed E-state index contributed by atoms with van der Waals surface area (Å²) in [6, 6.07) is 9.92. The Bertz CT molecular complexity index is 983. The maximum atomic E-state index is 12.6. The summed E-state index contributed by atoms with van der Waals surface area (Å²) < 4.78 is 15.2. The number of methoxy groups -OCH3 is 1. The Balaban J connectivity index is 1.70. The summed E-state index contributed by atoms with van der Waals surface area (Å²) in [5.41, 5.74) is 0.740. The van der Waals surface area contributed by atoms with Gasteiger partial charge in [-0.3, -0.25) is 14.5 Å². The number of carbonyl (C=O) groups excluding carboxylic acids is 3. The van der Waals surface area contributed by atoms with E-state index in [2.05, 4.69) is 10.7 Å². The molecule has 1 aliphatic heterocycles. The molecule has 1 saturated heterocycles. The van der Waals surface area contributed by atoms with Crippen LogP contribution in [0.5, 0.6) is 5.75 Å². The zero-order chi connectivity index (χ0) is 20.1. The minimum atomic E-state index is -0.630. The highest BCUT2D eigenvalue weighted by atomic mass is 32.2. The van der Waals surface area contributed by atoms with Gasteiger partial charge in [0.15, 0.2) is 0 Å². The van der Waals surface area contributed by atoms with Crippen LogP contribution in [0.3, 0.4) is 0 Å². The smallest absolute Gasteiger partial charge is 0.373 e. The van der Waals surface area contributed by atoms with Gasteiger partial charge in [-0.15, -0.1) is 6.42 Å². The molecule has 7 nitrogen and oxygen atoms in total. The number of esters is 1. The van der Waals surface area contributed by atoms with Gasteiger partial charge in [0.1, 0.15) is 18.1 Å². The van der Waals surface area contributed by atoms with Crippen molar-refractivity contribution in [1.29, 1.82) is 0 Å². The Morgan fingerprint density at radius 2 is 2.00 bits per heavy atom. The highest BCUT2D eigenvalue weighted by Crippen LogP contribution is 2.33. The van der Waals surface area contributed by atoms with Gasteiger partial charge in [-0.1, -0.05) is 18.1 Å². The van der Waals surface area contributed by atoms with Gasteiger partial charge in [0.2, 0.25) is 5.76 Å². The number of furan rings is 1. The highest BCUT2D eigenvalue weighted by molar-refractivity contribution is 8.18. The summed E-state index contributed by atoms with van der Waals surface area (Å²) in [5, 5.41) is -0.416. The second kappa shape index (κ2) is 8.50. The summed E-state index contributed by atoms with van der Waals surface area (Å²) in [7, 11) is 1.24. The van der Waals surface area contributed by atoms with E-state index in [1.54, 1.807) is 30.3 Å². The van der Waals surface area contributed by atoms with Gasteiger partial charge >= 0.3 is 5.97 Å². The maximum Gasteiger partial charge on any atom is 0.373 e. The lowest BCUT2D eigenvalue weighted by atomic mass is 10.2. The number of hydrogen-bond donors (Lipinski definition) is 0. The zero-order valence-corrected chi connectivity index (χ0v) is 15.7. The van der Waals surface area contributed by atoms with E-state index < -0.39 is 17.1 Å². The molecule has 142 valence electrons. The van der Waals surface area contributed by atoms with Crippen molar-refractivity contribution in [3.8, 4) is 18.1 Å². The van der Waals surface area contributed by atoms with Crippen molar-refractivity contribution < 1.29 is 28.3 Å². The van der Waals surface area contributed by atoms with Crippen LogP contribution in [0.1, 0.15) is 21.9 Å². The maximum absolute atomic E-state index is 12.6. The number of benzene rings is 1. The molecule has 3 rings (SSSR count). The van der Waals surface area contributed by atoms with E-state index in [1.165, 1.54) is 19.2 Å². The molecule has 1 fully saturated rings. The van der Waals surface area contributed by atoms with Crippen molar-refractivity contribution >= 4 is 35.0 Å². The van der Waals surface area contributed by atoms with Gasteiger partial charge in [0, 0.05) is 0 Å². The summed E-state index contributed by atoms with van der Waals surface area (Å²) in [6.07, 6.45) is 6.77. The fourth-order valence-electron chi connectivity index (χ4n) is 2.40. The molecule has 0 N–H and O–H groups in total. The lowest BCUT2D eigenvalue weighted by Gasteiger charge is -2.09. The molecule has 8 heteroatoms. The van der Waals surface area contributed by atoms with E-state index in [4.69, 9.17) is 15.6 Å². The Kier molecular flexibility index (Phi) is 5.87. The first kappa shape index (κ1) is 19.3. The molecule has 1 aromatic carbocycles. The van der Waals surface area contributed by atoms with E-state index >= 15 is 0 Å². The number of amides is 2. The average Bonchev–Trinajstić information content (AvgIpc) is 3.27. The van der Waals surface area contributed by atoms with Crippen LogP contribution in [0.2, 0.25) is 0 Å². The Morgan fingerprint density at radius 3 is 2.68 bits per heavy atom. The number of nitrogens with zero attached hydrogens (tertiary/aromatic N) is 1. The van der Waals surface area contributed by atoms with Gasteiger partial charge in [0.25, 0.3) is 11.1 Å². The zero-order valence-electron chi connectivity index (χ0n) is 14.8. The number of imide groups is 1. The molecule has 0 atom stereocenters. The first-order valence-corrected chi connectivity index (χ1v) is 8.92. The third kappa shape index (κ3) is 4.27. The Hall–Kier alpha value is -3.44. The van der Waals surface area contributed by atoms with Gasteiger partial charge < -0.3 is 13.9 Å². The third-order valence-electron chi connectivity index (χ3n) is 3.74. The number of rotatable bonds is 6. The molecule has 2 heterocycles. The van der Waals surface area contributed by atoms with Gasteiger partial charge in [-0.05, 0) is 47.7 Å². The molecule has 0 unspecified atom stereocenters. The molecular formula is C20H15NO6S. The summed E-state index contributed by atoms with van der Waals surface area (Å²) in [6.45, 7) is 0.0978. The Morgan fingerprint density at radius 1 is 1.25 bits per heavy atom. The van der Waals surface area contributed by atoms with Crippen molar-refractivity contribution in [3.63, 3.8) is 0 Å². The number of terminal acetylenes is 1. The van der Waals surface area contributed by atoms with E-state index in [0.29, 0.717) is 16.4 Å². The molecular weight excluding hydrogens is 382 g/mol. The molecule has 0 bridgehead atoms. The molecule has 28 heavy (non-hydrogen) atoms. The quantitative estimate of drug-likeness (QED) is 0.420. The minimum absolute atomic E-state index is 0.00663. The number of thioether (sulfide) groups is 1. The van der Waals surface area contributed by atoms with Gasteiger partial charge in [0.05, 0.1) is 18.6 Å². The summed E-state index contributed by atoms with van der Waals surface area (Å²) >= 11 is 0.839. The first-order valence-electron chi connectivity index (χ1n) is 8.10. The molecule has 2 aromatic rings. The lowest BCUT2D eigenvalue weighted by molar-refractivity contribution is -0.123. The molecule has 0 aliphatic carbocycles. The molecule has 1 aliphatic rings. The predicted molar refractivity (Wildman–Crippen MR) is 102 cm³/mol. The standard InChI is InChI=1S/C20H15NO6S/c1-3-10-26-14-6-4-13(5-7-14)11-17-18(22)21(20(24)28-17)12-15-8-9-16(27-15)19(23)25-2/h1,4-9,11H,10,12H2,2H3. The molecule has 2 amide bonds. The van der Waals surface area contributed by atoms with Crippen molar-refractivity contribution in [2.24, 2.45) is 0 Å². The average molecular weight is 397 g/mol. The number of ether oxygens (including phenoxy) is 2. The SMILES string of the molecule is C#CCOc1ccc(C=C2SC(=O)N(Cc3ccc(C(=O)OC)o3)C2=O)cc1. The van der Waals surface area contributed by atoms with Crippen LogP contribution >= 0.6 is 11.8 Å². The van der Waals surface area contributed by atoms with Gasteiger partial charge in [-0.25, -0.2) is 4.79 Å². The van der Waals surface area contributed by atoms with Crippen LogP contribution in [-0.4, -0.2) is 35.7 Å². The van der Waals surface area contributed by atoms with Crippen molar-refractivity contribution in [1.82, 2.24) is 4.90 Å². The van der Waals surface area contributed by atoms with Crippen molar-refractivity contribution in [2.45, 2.75) is 6.54 Å². The van der Waals surface area contributed by atoms with E-state index in [-0.39, 0.29) is 18.9 Å². The summed E-state index contributed by atoms with van der Waals surface area (Å²) in [4.78, 5) is 37.6. The van der Waals surface area contributed by atoms with E-state index in [1.807, 2.05) is 0 Å². The third-order valence-corrected chi connectivity index (χ3v) is 4.64. The van der Waals surface area contributed by atoms with Crippen LogP contribution in [0, 0.1) is 12.3 Å². The monoisotopic (exact) mass is 397 g/mol. The largest absolute Gasteiger partial charge is 0.481 e. The van der Waals surface area contributed by atoms with E-state index in [9.17, 15) is 14.4 Å². The van der Waals surface area contributed by atoms with Crippen molar-refractivity contribution in [3.05, 3.63) is 58.4 Å². The number of hydrogen-bond acceptors (Lipinski definition) is 7. The van der Waals surface area contributed by atoms with Crippen LogP contribution in [0.25, 0.3) is 6.08 Å².